The maximum atomic E-state index is 5.43. The van der Waals surface area contributed by atoms with Gasteiger partial charge < -0.3 is 15.0 Å². The number of nitrogens with one attached hydrogen (secondary N) is 1. The molecule has 1 atom stereocenters. The SMILES string of the molecule is CCNC(C)c1ccc(Br)cc1N(C)CCOCC. The standard InChI is InChI=1S/C15H25BrN2O/c1-5-17-12(3)14-8-7-13(16)11-15(14)18(4)9-10-19-6-2/h7-8,11-12,17H,5-6,9-10H2,1-4H3. The van der Waals surface area contributed by atoms with Crippen LogP contribution in [0, 0.1) is 0 Å². The van der Waals surface area contributed by atoms with Crippen LogP contribution in [-0.2, 0) is 4.74 Å². The van der Waals surface area contributed by atoms with E-state index < -0.39 is 0 Å². The lowest BCUT2D eigenvalue weighted by Gasteiger charge is -2.25. The molecular weight excluding hydrogens is 304 g/mol. The minimum atomic E-state index is 0.350. The van der Waals surface area contributed by atoms with Crippen LogP contribution in [0.1, 0.15) is 32.4 Å². The topological polar surface area (TPSA) is 24.5 Å². The average Bonchev–Trinajstić information content (AvgIpc) is 2.39. The summed E-state index contributed by atoms with van der Waals surface area (Å²) < 4.78 is 6.54. The van der Waals surface area contributed by atoms with Gasteiger partial charge >= 0.3 is 0 Å². The summed E-state index contributed by atoms with van der Waals surface area (Å²) in [6.45, 7) is 9.76. The van der Waals surface area contributed by atoms with Gasteiger partial charge in [0, 0.05) is 36.4 Å². The largest absolute Gasteiger partial charge is 0.380 e. The van der Waals surface area contributed by atoms with Gasteiger partial charge in [-0.1, -0.05) is 28.9 Å². The molecule has 0 aliphatic carbocycles. The number of benzene rings is 1. The van der Waals surface area contributed by atoms with Crippen molar-refractivity contribution < 1.29 is 4.74 Å². The Balaban J connectivity index is 2.86. The van der Waals surface area contributed by atoms with Gasteiger partial charge in [-0.3, -0.25) is 0 Å². The highest BCUT2D eigenvalue weighted by Gasteiger charge is 2.13. The van der Waals surface area contributed by atoms with E-state index in [0.29, 0.717) is 6.04 Å². The first-order valence-corrected chi connectivity index (χ1v) is 7.71. The van der Waals surface area contributed by atoms with Gasteiger partial charge in [0.05, 0.1) is 6.61 Å². The lowest BCUT2D eigenvalue weighted by Crippen LogP contribution is -2.26. The van der Waals surface area contributed by atoms with E-state index in [1.165, 1.54) is 11.3 Å². The first kappa shape index (κ1) is 16.5. The first-order valence-electron chi connectivity index (χ1n) is 6.91. The molecule has 19 heavy (non-hydrogen) atoms. The maximum Gasteiger partial charge on any atom is 0.0641 e. The summed E-state index contributed by atoms with van der Waals surface area (Å²) in [5.41, 5.74) is 2.58. The summed E-state index contributed by atoms with van der Waals surface area (Å²) in [6.07, 6.45) is 0. The Bertz CT molecular complexity index is 384. The number of hydrogen-bond donors (Lipinski definition) is 1. The monoisotopic (exact) mass is 328 g/mol. The highest BCUT2D eigenvalue weighted by molar-refractivity contribution is 9.10. The number of hydrogen-bond acceptors (Lipinski definition) is 3. The predicted octanol–water partition coefficient (Wildman–Crippen LogP) is 3.59. The van der Waals surface area contributed by atoms with Crippen molar-refractivity contribution in [2.24, 2.45) is 0 Å². The summed E-state index contributed by atoms with van der Waals surface area (Å²) in [4.78, 5) is 2.25. The van der Waals surface area contributed by atoms with Crippen LogP contribution in [0.4, 0.5) is 5.69 Å². The molecule has 1 unspecified atom stereocenters. The second-order valence-corrected chi connectivity index (χ2v) is 5.52. The summed E-state index contributed by atoms with van der Waals surface area (Å²) in [5, 5.41) is 3.47. The van der Waals surface area contributed by atoms with Gasteiger partial charge in [-0.25, -0.2) is 0 Å². The van der Waals surface area contributed by atoms with Gasteiger partial charge in [0.15, 0.2) is 0 Å². The molecule has 0 saturated carbocycles. The minimum Gasteiger partial charge on any atom is -0.380 e. The highest BCUT2D eigenvalue weighted by atomic mass is 79.9. The van der Waals surface area contributed by atoms with E-state index in [4.69, 9.17) is 4.74 Å². The van der Waals surface area contributed by atoms with E-state index in [9.17, 15) is 0 Å². The second kappa shape index (κ2) is 8.56. The molecule has 0 aliphatic heterocycles. The van der Waals surface area contributed by atoms with E-state index in [1.54, 1.807) is 0 Å². The average molecular weight is 329 g/mol. The van der Waals surface area contributed by atoms with Gasteiger partial charge in [-0.2, -0.15) is 0 Å². The van der Waals surface area contributed by atoms with E-state index >= 15 is 0 Å². The molecule has 0 bridgehead atoms. The number of likely N-dealkylation sites (N-methyl/N-ethyl adjacent to an activating group) is 1. The fourth-order valence-corrected chi connectivity index (χ4v) is 2.44. The number of ether oxygens (including phenoxy) is 1. The van der Waals surface area contributed by atoms with Crippen LogP contribution in [0.25, 0.3) is 0 Å². The van der Waals surface area contributed by atoms with Crippen LogP contribution in [-0.4, -0.2) is 33.4 Å². The fourth-order valence-electron chi connectivity index (χ4n) is 2.10. The fraction of sp³-hybridized carbons (Fsp3) is 0.600. The third kappa shape index (κ3) is 5.13. The van der Waals surface area contributed by atoms with Crippen LogP contribution in [0.5, 0.6) is 0 Å². The van der Waals surface area contributed by atoms with E-state index in [2.05, 4.69) is 65.2 Å². The molecule has 0 saturated heterocycles. The second-order valence-electron chi connectivity index (χ2n) is 4.60. The van der Waals surface area contributed by atoms with Crippen LogP contribution in [0.3, 0.4) is 0 Å². The normalized spacial score (nSPS) is 12.5. The Morgan fingerprint density at radius 3 is 2.74 bits per heavy atom. The lowest BCUT2D eigenvalue weighted by molar-refractivity contribution is 0.154. The minimum absolute atomic E-state index is 0.350. The van der Waals surface area contributed by atoms with Crippen molar-refractivity contribution in [3.05, 3.63) is 28.2 Å². The number of halogens is 1. The smallest absolute Gasteiger partial charge is 0.0641 e. The molecular formula is C15H25BrN2O. The molecule has 1 aromatic carbocycles. The van der Waals surface area contributed by atoms with Crippen molar-refractivity contribution >= 4 is 21.6 Å². The Morgan fingerprint density at radius 2 is 2.11 bits per heavy atom. The number of anilines is 1. The van der Waals surface area contributed by atoms with Gasteiger partial charge in [0.1, 0.15) is 0 Å². The van der Waals surface area contributed by atoms with Gasteiger partial charge in [0.2, 0.25) is 0 Å². The van der Waals surface area contributed by atoms with Crippen molar-refractivity contribution in [1.82, 2.24) is 5.32 Å². The molecule has 1 N–H and O–H groups in total. The molecule has 4 heteroatoms. The zero-order valence-corrected chi connectivity index (χ0v) is 14.0. The molecule has 1 aromatic rings. The van der Waals surface area contributed by atoms with Gasteiger partial charge in [-0.05, 0) is 38.1 Å². The molecule has 1 rings (SSSR count). The summed E-state index contributed by atoms with van der Waals surface area (Å²) in [6, 6.07) is 6.81. The van der Waals surface area contributed by atoms with Crippen molar-refractivity contribution in [2.45, 2.75) is 26.8 Å². The van der Waals surface area contributed by atoms with Gasteiger partial charge in [-0.15, -0.1) is 0 Å². The molecule has 0 heterocycles. The lowest BCUT2D eigenvalue weighted by atomic mass is 10.1. The number of nitrogens with zero attached hydrogens (tertiary/aromatic N) is 1. The molecule has 0 aromatic heterocycles. The molecule has 0 amide bonds. The quantitative estimate of drug-likeness (QED) is 0.738. The highest BCUT2D eigenvalue weighted by Crippen LogP contribution is 2.29. The third-order valence-electron chi connectivity index (χ3n) is 3.16. The molecule has 0 fully saturated rings. The van der Waals surface area contributed by atoms with E-state index in [-0.39, 0.29) is 0 Å². The van der Waals surface area contributed by atoms with Crippen molar-refractivity contribution in [1.29, 1.82) is 0 Å². The first-order chi connectivity index (χ1) is 9.10. The summed E-state index contributed by atoms with van der Waals surface area (Å²) in [5.74, 6) is 0. The Morgan fingerprint density at radius 1 is 1.37 bits per heavy atom. The third-order valence-corrected chi connectivity index (χ3v) is 3.65. The van der Waals surface area contributed by atoms with E-state index in [1.807, 2.05) is 6.92 Å². The zero-order chi connectivity index (χ0) is 14.3. The summed E-state index contributed by atoms with van der Waals surface area (Å²) >= 11 is 3.56. The van der Waals surface area contributed by atoms with Crippen molar-refractivity contribution in [3.8, 4) is 0 Å². The van der Waals surface area contributed by atoms with Crippen molar-refractivity contribution in [2.75, 3.05) is 38.3 Å². The van der Waals surface area contributed by atoms with Crippen LogP contribution < -0.4 is 10.2 Å². The molecule has 108 valence electrons. The van der Waals surface area contributed by atoms with Crippen LogP contribution in [0.2, 0.25) is 0 Å². The summed E-state index contributed by atoms with van der Waals surface area (Å²) in [7, 11) is 2.11. The Labute approximate surface area is 125 Å². The Hall–Kier alpha value is -0.580. The van der Waals surface area contributed by atoms with Gasteiger partial charge in [0.25, 0.3) is 0 Å². The molecule has 0 spiro atoms. The molecule has 0 radical (unpaired) electrons. The van der Waals surface area contributed by atoms with Crippen LogP contribution in [0.15, 0.2) is 22.7 Å². The van der Waals surface area contributed by atoms with Crippen molar-refractivity contribution in [3.63, 3.8) is 0 Å². The zero-order valence-electron chi connectivity index (χ0n) is 12.4. The van der Waals surface area contributed by atoms with E-state index in [0.717, 1.165) is 30.8 Å². The Kier molecular flexibility index (Phi) is 7.42. The van der Waals surface area contributed by atoms with Crippen LogP contribution >= 0.6 is 15.9 Å². The maximum absolute atomic E-state index is 5.43. The molecule has 3 nitrogen and oxygen atoms in total. The number of rotatable bonds is 8. The predicted molar refractivity (Wildman–Crippen MR) is 86.0 cm³/mol. The molecule has 0 aliphatic rings.